The van der Waals surface area contributed by atoms with Crippen LogP contribution in [0, 0.1) is 0 Å². The van der Waals surface area contributed by atoms with Crippen LogP contribution in [0.4, 0.5) is 0 Å². The van der Waals surface area contributed by atoms with Gasteiger partial charge in [-0.05, 0) is 0 Å². The molecule has 0 aromatic carbocycles. The van der Waals surface area contributed by atoms with Crippen LogP contribution < -0.4 is 6.15 Å². The van der Waals surface area contributed by atoms with Crippen molar-refractivity contribution in [1.29, 1.82) is 0 Å². The molecule has 0 unspecified atom stereocenters. The van der Waals surface area contributed by atoms with Crippen molar-refractivity contribution in [2.24, 2.45) is 0 Å². The fourth-order valence-electron chi connectivity index (χ4n) is 0. The average molecular weight is 207 g/mol. The van der Waals surface area contributed by atoms with E-state index in [2.05, 4.69) is 0 Å². The van der Waals surface area contributed by atoms with E-state index >= 15 is 0 Å². The van der Waals surface area contributed by atoms with Crippen molar-refractivity contribution < 1.29 is 45.4 Å². The molecular formula is H7NO4PZr+5. The molecule has 5 nitrogen and oxygen atoms in total. The Morgan fingerprint density at radius 1 is 1.14 bits per heavy atom. The van der Waals surface area contributed by atoms with Crippen LogP contribution in [0.3, 0.4) is 0 Å². The zero-order chi connectivity index (χ0) is 4.50. The molecule has 0 aliphatic rings. The molecule has 0 saturated heterocycles. The van der Waals surface area contributed by atoms with Gasteiger partial charge in [0.25, 0.3) is 0 Å². The number of rotatable bonds is 0. The fraction of sp³-hybridized carbons (Fsp3) is 0. The minimum atomic E-state index is -4.64. The Hall–Kier alpha value is 0.953. The van der Waals surface area contributed by atoms with Crippen LogP contribution in [0.1, 0.15) is 0 Å². The molecule has 0 rings (SSSR count). The summed E-state index contributed by atoms with van der Waals surface area (Å²) in [5, 5.41) is 0. The number of hydrogen-bond donors (Lipinski definition) is 4. The first-order chi connectivity index (χ1) is 2.00. The largest absolute Gasteiger partial charge is 4.00 e. The van der Waals surface area contributed by atoms with Crippen LogP contribution in [0.2, 0.25) is 0 Å². The van der Waals surface area contributed by atoms with Gasteiger partial charge in [-0.3, -0.25) is 0 Å². The third-order valence-electron chi connectivity index (χ3n) is 0. The van der Waals surface area contributed by atoms with Crippen molar-refractivity contribution in [2.45, 2.75) is 0 Å². The SMILES string of the molecule is O=P(O)(O)O.[NH4+].[Zr+4]. The molecule has 0 fully saturated rings. The summed E-state index contributed by atoms with van der Waals surface area (Å²) in [6.45, 7) is 0. The number of quaternary nitrogens is 1. The van der Waals surface area contributed by atoms with Crippen molar-refractivity contribution in [3.63, 3.8) is 0 Å². The first-order valence-corrected chi connectivity index (χ1v) is 2.35. The second kappa shape index (κ2) is 5.10. The normalized spacial score (nSPS) is 8.43. The van der Waals surface area contributed by atoms with Crippen molar-refractivity contribution in [1.82, 2.24) is 6.15 Å². The third-order valence-corrected chi connectivity index (χ3v) is 0. The van der Waals surface area contributed by atoms with Gasteiger partial charge in [-0.25, -0.2) is 4.57 Å². The van der Waals surface area contributed by atoms with Crippen molar-refractivity contribution in [2.75, 3.05) is 0 Å². The molecule has 0 atom stereocenters. The van der Waals surface area contributed by atoms with E-state index in [-0.39, 0.29) is 32.4 Å². The van der Waals surface area contributed by atoms with Crippen LogP contribution >= 0.6 is 7.82 Å². The Kier molecular flexibility index (Phi) is 11.4. The summed E-state index contributed by atoms with van der Waals surface area (Å²) in [5.41, 5.74) is 0. The molecule has 0 spiro atoms. The standard InChI is InChI=1S/H3N.H3O4P.Zr/c;1-5(2,3)4;/h1H3;(H3,1,2,3,4);/q;;+4/p+1. The summed E-state index contributed by atoms with van der Waals surface area (Å²) in [7, 11) is -4.64. The van der Waals surface area contributed by atoms with Gasteiger partial charge in [0.1, 0.15) is 0 Å². The summed E-state index contributed by atoms with van der Waals surface area (Å²) >= 11 is 0. The van der Waals surface area contributed by atoms with Crippen LogP contribution in [0.25, 0.3) is 0 Å². The quantitative estimate of drug-likeness (QED) is 0.399. The summed E-state index contributed by atoms with van der Waals surface area (Å²) in [5.74, 6) is 0. The topological polar surface area (TPSA) is 114 Å². The fourth-order valence-corrected chi connectivity index (χ4v) is 0. The van der Waals surface area contributed by atoms with Crippen LogP contribution in [0.5, 0.6) is 0 Å². The molecule has 0 aromatic rings. The van der Waals surface area contributed by atoms with Crippen molar-refractivity contribution in [3.8, 4) is 0 Å². The molecule has 0 aliphatic heterocycles. The second-order valence-electron chi connectivity index (χ2n) is 0.513. The molecule has 0 bridgehead atoms. The van der Waals surface area contributed by atoms with E-state index in [1.807, 2.05) is 0 Å². The maximum absolute atomic E-state index is 8.88. The summed E-state index contributed by atoms with van der Waals surface area (Å²) in [4.78, 5) is 21.6. The predicted molar refractivity (Wildman–Crippen MR) is 20.2 cm³/mol. The Labute approximate surface area is 59.7 Å². The molecule has 0 aliphatic carbocycles. The minimum Gasteiger partial charge on any atom is -0.369 e. The van der Waals surface area contributed by atoms with E-state index in [1.165, 1.54) is 0 Å². The molecule has 0 radical (unpaired) electrons. The van der Waals surface area contributed by atoms with Gasteiger partial charge in [0.15, 0.2) is 0 Å². The van der Waals surface area contributed by atoms with Gasteiger partial charge in [-0.15, -0.1) is 0 Å². The van der Waals surface area contributed by atoms with Gasteiger partial charge in [-0.2, -0.15) is 0 Å². The van der Waals surface area contributed by atoms with Gasteiger partial charge in [-0.1, -0.05) is 0 Å². The monoisotopic (exact) mass is 206 g/mol. The van der Waals surface area contributed by atoms with Crippen LogP contribution in [-0.4, -0.2) is 14.7 Å². The third kappa shape index (κ3) is 188. The summed E-state index contributed by atoms with van der Waals surface area (Å²) in [6.07, 6.45) is 0. The summed E-state index contributed by atoms with van der Waals surface area (Å²) in [6, 6.07) is 0. The molecule has 7 N–H and O–H groups in total. The molecule has 0 aromatic heterocycles. The van der Waals surface area contributed by atoms with Gasteiger partial charge in [0.05, 0.1) is 0 Å². The van der Waals surface area contributed by atoms with Gasteiger partial charge >= 0.3 is 34.0 Å². The minimum absolute atomic E-state index is 0. The number of phosphoric acid groups is 1. The van der Waals surface area contributed by atoms with Crippen LogP contribution in [0.15, 0.2) is 0 Å². The first-order valence-electron chi connectivity index (χ1n) is 0.783. The Morgan fingerprint density at radius 2 is 1.14 bits per heavy atom. The van der Waals surface area contributed by atoms with E-state index < -0.39 is 7.82 Å². The van der Waals surface area contributed by atoms with Gasteiger partial charge < -0.3 is 20.8 Å². The molecule has 0 amide bonds. The summed E-state index contributed by atoms with van der Waals surface area (Å²) < 4.78 is 8.88. The maximum atomic E-state index is 8.88. The molecular weight excluding hydrogens is 200 g/mol. The zero-order valence-corrected chi connectivity index (χ0v) is 7.05. The van der Waals surface area contributed by atoms with Crippen LogP contribution in [-0.2, 0) is 30.8 Å². The van der Waals surface area contributed by atoms with Gasteiger partial charge in [0.2, 0.25) is 0 Å². The maximum Gasteiger partial charge on any atom is 4.00 e. The van der Waals surface area contributed by atoms with E-state index in [9.17, 15) is 0 Å². The van der Waals surface area contributed by atoms with E-state index in [4.69, 9.17) is 19.2 Å². The molecule has 40 valence electrons. The Balaban J connectivity index is -0.0000000800. The van der Waals surface area contributed by atoms with Crippen molar-refractivity contribution >= 4 is 7.82 Å². The van der Waals surface area contributed by atoms with Crippen molar-refractivity contribution in [3.05, 3.63) is 0 Å². The van der Waals surface area contributed by atoms with E-state index in [0.717, 1.165) is 0 Å². The Morgan fingerprint density at radius 3 is 1.14 bits per heavy atom. The first kappa shape index (κ1) is 15.7. The van der Waals surface area contributed by atoms with E-state index in [0.29, 0.717) is 0 Å². The van der Waals surface area contributed by atoms with E-state index in [1.54, 1.807) is 0 Å². The molecule has 7 heavy (non-hydrogen) atoms. The molecule has 7 heteroatoms. The molecule has 0 saturated carbocycles. The molecule has 0 heterocycles. The Bertz CT molecular complexity index is 57.8. The smallest absolute Gasteiger partial charge is 0.369 e. The zero-order valence-electron chi connectivity index (χ0n) is 3.70. The average Bonchev–Trinajstić information content (AvgIpc) is 0.722. The second-order valence-corrected chi connectivity index (χ2v) is 1.54. The van der Waals surface area contributed by atoms with Gasteiger partial charge in [0, 0.05) is 0 Å². The number of hydrogen-bond acceptors (Lipinski definition) is 1. The predicted octanol–water partition coefficient (Wildman–Crippen LogP) is -0.555.